The maximum absolute atomic E-state index is 4.80. The predicted molar refractivity (Wildman–Crippen MR) is 121 cm³/mol. The maximum Gasteiger partial charge on any atom is 0.191 e. The Morgan fingerprint density at radius 3 is 2.62 bits per heavy atom. The van der Waals surface area contributed by atoms with Crippen molar-refractivity contribution in [2.45, 2.75) is 52.6 Å². The molecule has 0 radical (unpaired) electrons. The number of aliphatic imine (C=N–C) groups is 1. The van der Waals surface area contributed by atoms with Crippen molar-refractivity contribution in [3.05, 3.63) is 65.0 Å². The van der Waals surface area contributed by atoms with E-state index in [1.54, 1.807) is 0 Å². The minimum atomic E-state index is 0.489. The van der Waals surface area contributed by atoms with Gasteiger partial charge in [-0.25, -0.2) is 0 Å². The van der Waals surface area contributed by atoms with Gasteiger partial charge in [-0.05, 0) is 68.4 Å². The highest BCUT2D eigenvalue weighted by atomic mass is 15.2. The van der Waals surface area contributed by atoms with E-state index in [2.05, 4.69) is 71.6 Å². The molecule has 0 bridgehead atoms. The molecule has 2 N–H and O–H groups in total. The summed E-state index contributed by atoms with van der Waals surface area (Å²) in [4.78, 5) is 11.5. The fourth-order valence-corrected chi connectivity index (χ4v) is 3.85. The highest BCUT2D eigenvalue weighted by Crippen LogP contribution is 2.16. The van der Waals surface area contributed by atoms with Gasteiger partial charge in [0, 0.05) is 51.2 Å². The average Bonchev–Trinajstić information content (AvgIpc) is 2.73. The van der Waals surface area contributed by atoms with Gasteiger partial charge in [0.25, 0.3) is 0 Å². The van der Waals surface area contributed by atoms with Gasteiger partial charge in [-0.15, -0.1) is 0 Å². The van der Waals surface area contributed by atoms with Gasteiger partial charge in [0.2, 0.25) is 0 Å². The Hall–Kier alpha value is -2.40. The zero-order valence-corrected chi connectivity index (χ0v) is 18.1. The molecule has 1 saturated heterocycles. The summed E-state index contributed by atoms with van der Waals surface area (Å²) in [5.41, 5.74) is 5.39. The molecule has 1 aliphatic heterocycles. The van der Waals surface area contributed by atoms with Crippen molar-refractivity contribution in [1.29, 1.82) is 0 Å². The lowest BCUT2D eigenvalue weighted by Crippen LogP contribution is -2.48. The Labute approximate surface area is 175 Å². The molecular formula is C24H35N5. The Bertz CT molecular complexity index is 793. The molecule has 156 valence electrons. The topological polar surface area (TPSA) is 52.6 Å². The fourth-order valence-electron chi connectivity index (χ4n) is 3.85. The molecule has 2 heterocycles. The lowest BCUT2D eigenvalue weighted by Gasteiger charge is -2.33. The first-order valence-electron chi connectivity index (χ1n) is 10.9. The van der Waals surface area contributed by atoms with Gasteiger partial charge in [-0.1, -0.05) is 24.3 Å². The number of aromatic nitrogens is 1. The standard InChI is InChI=1S/C24H35N5/c1-4-26-24(27-14-10-21-9-13-25-17-20(21)3)28-23-11-15-29(16-12-23)18-22-8-6-5-7-19(22)2/h5-9,13,17,23H,4,10-12,14-16,18H2,1-3H3,(H2,26,27,28). The van der Waals surface area contributed by atoms with Crippen LogP contribution in [0.25, 0.3) is 0 Å². The largest absolute Gasteiger partial charge is 0.357 e. The van der Waals surface area contributed by atoms with E-state index in [4.69, 9.17) is 4.99 Å². The predicted octanol–water partition coefficient (Wildman–Crippen LogP) is 3.46. The van der Waals surface area contributed by atoms with E-state index in [1.165, 1.54) is 22.3 Å². The van der Waals surface area contributed by atoms with E-state index in [1.807, 2.05) is 12.4 Å². The lowest BCUT2D eigenvalue weighted by atomic mass is 10.0. The van der Waals surface area contributed by atoms with Crippen molar-refractivity contribution in [2.24, 2.45) is 4.99 Å². The summed E-state index contributed by atoms with van der Waals surface area (Å²) in [6.07, 6.45) is 7.03. The number of benzene rings is 1. The summed E-state index contributed by atoms with van der Waals surface area (Å²) in [7, 11) is 0. The third-order valence-corrected chi connectivity index (χ3v) is 5.72. The summed E-state index contributed by atoms with van der Waals surface area (Å²) in [5.74, 6) is 0.941. The van der Waals surface area contributed by atoms with Crippen LogP contribution in [0.3, 0.4) is 0 Å². The Balaban J connectivity index is 1.47. The molecule has 1 fully saturated rings. The molecule has 2 aromatic rings. The highest BCUT2D eigenvalue weighted by molar-refractivity contribution is 5.80. The van der Waals surface area contributed by atoms with Crippen molar-refractivity contribution in [2.75, 3.05) is 26.2 Å². The molecule has 0 atom stereocenters. The van der Waals surface area contributed by atoms with Gasteiger partial charge in [0.15, 0.2) is 5.96 Å². The number of nitrogens with zero attached hydrogens (tertiary/aromatic N) is 3. The third-order valence-electron chi connectivity index (χ3n) is 5.72. The molecule has 5 nitrogen and oxygen atoms in total. The van der Waals surface area contributed by atoms with Gasteiger partial charge >= 0.3 is 0 Å². The van der Waals surface area contributed by atoms with Gasteiger partial charge in [0.05, 0.1) is 0 Å². The van der Waals surface area contributed by atoms with Gasteiger partial charge in [-0.3, -0.25) is 14.9 Å². The summed E-state index contributed by atoms with van der Waals surface area (Å²) < 4.78 is 0. The number of piperidine rings is 1. The van der Waals surface area contributed by atoms with Crippen LogP contribution in [0.5, 0.6) is 0 Å². The van der Waals surface area contributed by atoms with Crippen molar-refractivity contribution in [3.63, 3.8) is 0 Å². The van der Waals surface area contributed by atoms with E-state index in [9.17, 15) is 0 Å². The van der Waals surface area contributed by atoms with Crippen LogP contribution in [0.15, 0.2) is 47.7 Å². The molecule has 0 unspecified atom stereocenters. The number of hydrogen-bond donors (Lipinski definition) is 2. The molecule has 29 heavy (non-hydrogen) atoms. The number of aryl methyl sites for hydroxylation is 2. The van der Waals surface area contributed by atoms with E-state index in [-0.39, 0.29) is 0 Å². The summed E-state index contributed by atoms with van der Waals surface area (Å²) in [6, 6.07) is 11.3. The number of pyridine rings is 1. The smallest absolute Gasteiger partial charge is 0.191 e. The molecular weight excluding hydrogens is 358 g/mol. The second-order valence-electron chi connectivity index (χ2n) is 7.93. The van der Waals surface area contributed by atoms with Crippen molar-refractivity contribution in [1.82, 2.24) is 20.5 Å². The first kappa shape index (κ1) is 21.3. The van der Waals surface area contributed by atoms with Gasteiger partial charge in [-0.2, -0.15) is 0 Å². The first-order chi connectivity index (χ1) is 14.2. The van der Waals surface area contributed by atoms with Crippen LogP contribution in [-0.4, -0.2) is 48.1 Å². The van der Waals surface area contributed by atoms with Crippen LogP contribution >= 0.6 is 0 Å². The minimum Gasteiger partial charge on any atom is -0.357 e. The maximum atomic E-state index is 4.80. The second-order valence-corrected chi connectivity index (χ2v) is 7.93. The molecule has 0 amide bonds. The summed E-state index contributed by atoms with van der Waals surface area (Å²) in [5, 5.41) is 7.06. The van der Waals surface area contributed by atoms with E-state index >= 15 is 0 Å². The van der Waals surface area contributed by atoms with Crippen LogP contribution in [0.4, 0.5) is 0 Å². The highest BCUT2D eigenvalue weighted by Gasteiger charge is 2.20. The zero-order chi connectivity index (χ0) is 20.5. The zero-order valence-electron chi connectivity index (χ0n) is 18.1. The van der Waals surface area contributed by atoms with Gasteiger partial charge in [0.1, 0.15) is 0 Å². The quantitative estimate of drug-likeness (QED) is 0.559. The number of nitrogens with one attached hydrogen (secondary N) is 2. The molecule has 1 aliphatic rings. The normalized spacial score (nSPS) is 16.0. The van der Waals surface area contributed by atoms with E-state index in [0.717, 1.165) is 57.9 Å². The SMILES string of the molecule is CCNC(=NCCc1ccncc1C)NC1CCN(Cc2ccccc2C)CC1. The van der Waals surface area contributed by atoms with E-state index in [0.29, 0.717) is 6.04 Å². The summed E-state index contributed by atoms with van der Waals surface area (Å²) >= 11 is 0. The number of likely N-dealkylation sites (tertiary alicyclic amines) is 1. The molecule has 1 aromatic carbocycles. The van der Waals surface area contributed by atoms with Crippen LogP contribution in [0, 0.1) is 13.8 Å². The Morgan fingerprint density at radius 2 is 1.90 bits per heavy atom. The molecule has 0 saturated carbocycles. The first-order valence-corrected chi connectivity index (χ1v) is 10.9. The van der Waals surface area contributed by atoms with Crippen LogP contribution in [-0.2, 0) is 13.0 Å². The van der Waals surface area contributed by atoms with Crippen LogP contribution in [0.2, 0.25) is 0 Å². The third kappa shape index (κ3) is 6.57. The lowest BCUT2D eigenvalue weighted by molar-refractivity contribution is 0.198. The molecule has 5 heteroatoms. The van der Waals surface area contributed by atoms with Gasteiger partial charge < -0.3 is 10.6 Å². The van der Waals surface area contributed by atoms with Crippen molar-refractivity contribution < 1.29 is 0 Å². The Kier molecular flexibility index (Phi) is 8.05. The summed E-state index contributed by atoms with van der Waals surface area (Å²) in [6.45, 7) is 11.4. The van der Waals surface area contributed by atoms with Crippen molar-refractivity contribution in [3.8, 4) is 0 Å². The number of rotatable bonds is 7. The van der Waals surface area contributed by atoms with Crippen molar-refractivity contribution >= 4 is 5.96 Å². The van der Waals surface area contributed by atoms with E-state index < -0.39 is 0 Å². The minimum absolute atomic E-state index is 0.489. The van der Waals surface area contributed by atoms with Crippen LogP contribution in [0.1, 0.15) is 42.0 Å². The molecule has 1 aromatic heterocycles. The monoisotopic (exact) mass is 393 g/mol. The fraction of sp³-hybridized carbons (Fsp3) is 0.500. The Morgan fingerprint density at radius 1 is 1.10 bits per heavy atom. The molecule has 0 spiro atoms. The molecule has 0 aliphatic carbocycles. The number of hydrogen-bond acceptors (Lipinski definition) is 3. The second kappa shape index (κ2) is 11.0. The average molecular weight is 394 g/mol. The van der Waals surface area contributed by atoms with Crippen LogP contribution < -0.4 is 10.6 Å². The molecule has 3 rings (SSSR count). The number of guanidine groups is 1.